The lowest BCUT2D eigenvalue weighted by atomic mass is 10.1. The molecule has 1 fully saturated rings. The minimum absolute atomic E-state index is 0.110. The monoisotopic (exact) mass is 417 g/mol. The minimum Gasteiger partial charge on any atom is -0.294 e. The van der Waals surface area contributed by atoms with Gasteiger partial charge < -0.3 is 0 Å². The van der Waals surface area contributed by atoms with Crippen LogP contribution in [0.3, 0.4) is 0 Å². The largest absolute Gasteiger partial charge is 0.294 e. The predicted octanol–water partition coefficient (Wildman–Crippen LogP) is 5.76. The maximum absolute atomic E-state index is 12.4. The third-order valence-electron chi connectivity index (χ3n) is 4.68. The molecule has 0 unspecified atom stereocenters. The number of fused-ring (bicyclic) bond motifs is 1. The van der Waals surface area contributed by atoms with Crippen LogP contribution in [0.5, 0.6) is 0 Å². The van der Waals surface area contributed by atoms with Crippen LogP contribution >= 0.6 is 23.5 Å². The van der Waals surface area contributed by atoms with Gasteiger partial charge in [0.15, 0.2) is 0 Å². The Morgan fingerprint density at radius 3 is 2.89 bits per heavy atom. The van der Waals surface area contributed by atoms with E-state index in [4.69, 9.17) is 0 Å². The molecule has 0 radical (unpaired) electrons. The number of aromatic nitrogens is 2. The molecule has 1 aliphatic heterocycles. The summed E-state index contributed by atoms with van der Waals surface area (Å²) in [4.78, 5) is 30.9. The first-order valence-electron chi connectivity index (χ1n) is 9.99. The van der Waals surface area contributed by atoms with Crippen LogP contribution in [0.25, 0.3) is 5.65 Å². The van der Waals surface area contributed by atoms with Gasteiger partial charge >= 0.3 is 0 Å². The number of thioether (sulfide) groups is 2. The molecule has 2 aromatic heterocycles. The molecule has 0 aromatic carbocycles. The van der Waals surface area contributed by atoms with Gasteiger partial charge in [0.25, 0.3) is 11.1 Å². The highest BCUT2D eigenvalue weighted by atomic mass is 32.2. The molecule has 7 heteroatoms. The van der Waals surface area contributed by atoms with Crippen LogP contribution in [0.4, 0.5) is 4.79 Å². The van der Waals surface area contributed by atoms with E-state index in [9.17, 15) is 9.59 Å². The van der Waals surface area contributed by atoms with E-state index in [1.54, 1.807) is 18.0 Å². The third kappa shape index (κ3) is 5.41. The van der Waals surface area contributed by atoms with E-state index in [0.29, 0.717) is 11.4 Å². The Labute approximate surface area is 175 Å². The van der Waals surface area contributed by atoms with Gasteiger partial charge in [-0.1, -0.05) is 38.3 Å². The summed E-state index contributed by atoms with van der Waals surface area (Å²) in [5.74, 6) is 0.835. The Hall–Kier alpha value is -1.73. The maximum Gasteiger partial charge on any atom is 0.293 e. The van der Waals surface area contributed by atoms with Gasteiger partial charge in [-0.15, -0.1) is 11.8 Å². The molecule has 5 nitrogen and oxygen atoms in total. The van der Waals surface area contributed by atoms with Crippen LogP contribution in [0.1, 0.15) is 51.9 Å². The smallest absolute Gasteiger partial charge is 0.293 e. The van der Waals surface area contributed by atoms with Gasteiger partial charge in [0.1, 0.15) is 5.65 Å². The average molecular weight is 418 g/mol. The van der Waals surface area contributed by atoms with Crippen LogP contribution in [0.15, 0.2) is 46.6 Å². The van der Waals surface area contributed by atoms with Crippen molar-refractivity contribution < 1.29 is 9.59 Å². The molecule has 2 amide bonds. The Morgan fingerprint density at radius 1 is 1.14 bits per heavy atom. The van der Waals surface area contributed by atoms with Crippen LogP contribution in [-0.4, -0.2) is 37.7 Å². The molecule has 2 aromatic rings. The highest BCUT2D eigenvalue weighted by Gasteiger charge is 2.34. The molecular formula is C21H27N3O2S2. The molecule has 0 bridgehead atoms. The standard InChI is InChI=1S/C21H27N3O2S2/c1-2-3-4-5-6-10-17-20(25)24(21(26)28-17)14-7-8-16-27-19-12-9-11-18-22-13-15-23(18)19/h9-13,15H,2-8,14,16H2,1H3. The third-order valence-corrected chi connectivity index (χ3v) is 6.76. The molecule has 0 aliphatic carbocycles. The Bertz CT molecular complexity index is 847. The van der Waals surface area contributed by atoms with Gasteiger partial charge in [-0.3, -0.25) is 18.9 Å². The van der Waals surface area contributed by atoms with Gasteiger partial charge in [0.05, 0.1) is 9.93 Å². The number of pyridine rings is 1. The van der Waals surface area contributed by atoms with Crippen molar-refractivity contribution in [2.24, 2.45) is 0 Å². The minimum atomic E-state index is -0.124. The number of rotatable bonds is 11. The van der Waals surface area contributed by atoms with E-state index in [2.05, 4.69) is 22.4 Å². The van der Waals surface area contributed by atoms with Crippen LogP contribution in [0, 0.1) is 0 Å². The number of carbonyl (C=O) groups excluding carboxylic acids is 2. The van der Waals surface area contributed by atoms with Gasteiger partial charge in [-0.25, -0.2) is 4.98 Å². The zero-order valence-electron chi connectivity index (χ0n) is 16.3. The van der Waals surface area contributed by atoms with Crippen LogP contribution in [0.2, 0.25) is 0 Å². The number of imidazole rings is 1. The summed E-state index contributed by atoms with van der Waals surface area (Å²) >= 11 is 2.87. The Kier molecular flexibility index (Phi) is 8.03. The maximum atomic E-state index is 12.4. The van der Waals surface area contributed by atoms with E-state index in [-0.39, 0.29) is 11.1 Å². The quantitative estimate of drug-likeness (QED) is 0.264. The van der Waals surface area contributed by atoms with E-state index >= 15 is 0 Å². The summed E-state index contributed by atoms with van der Waals surface area (Å²) in [5, 5.41) is 1.04. The fourth-order valence-electron chi connectivity index (χ4n) is 3.12. The molecule has 1 saturated heterocycles. The first kappa shape index (κ1) is 21.0. The van der Waals surface area contributed by atoms with Crippen LogP contribution in [-0.2, 0) is 4.79 Å². The molecule has 0 atom stereocenters. The summed E-state index contributed by atoms with van der Waals surface area (Å²) in [5.41, 5.74) is 0.948. The fourth-order valence-corrected chi connectivity index (χ4v) is 5.02. The molecule has 0 saturated carbocycles. The normalized spacial score (nSPS) is 16.0. The number of nitrogens with zero attached hydrogens (tertiary/aromatic N) is 3. The zero-order chi connectivity index (χ0) is 19.8. The molecule has 150 valence electrons. The Morgan fingerprint density at radius 2 is 2.04 bits per heavy atom. The molecule has 3 rings (SSSR count). The van der Waals surface area contributed by atoms with Gasteiger partial charge in [-0.2, -0.15) is 0 Å². The van der Waals surface area contributed by atoms with Crippen LogP contribution < -0.4 is 0 Å². The van der Waals surface area contributed by atoms with Crippen molar-refractivity contribution in [3.05, 3.63) is 41.6 Å². The van der Waals surface area contributed by atoms with E-state index in [0.717, 1.165) is 53.9 Å². The average Bonchev–Trinajstić information content (AvgIpc) is 3.27. The number of carbonyl (C=O) groups is 2. The van der Waals surface area contributed by atoms with E-state index in [1.165, 1.54) is 24.2 Å². The highest BCUT2D eigenvalue weighted by molar-refractivity contribution is 8.18. The van der Waals surface area contributed by atoms with Crippen molar-refractivity contribution in [1.82, 2.24) is 14.3 Å². The molecule has 0 N–H and O–H groups in total. The SMILES string of the molecule is CCCCCCC=C1SC(=O)N(CCCCSc2cccc3nccn23)C1=O. The summed E-state index contributed by atoms with van der Waals surface area (Å²) in [6.07, 6.45) is 13.1. The summed E-state index contributed by atoms with van der Waals surface area (Å²) < 4.78 is 2.08. The van der Waals surface area contributed by atoms with Gasteiger partial charge in [0, 0.05) is 18.9 Å². The number of unbranched alkanes of at least 4 members (excludes halogenated alkanes) is 5. The van der Waals surface area contributed by atoms with Crippen molar-refractivity contribution in [2.75, 3.05) is 12.3 Å². The number of hydrogen-bond acceptors (Lipinski definition) is 5. The lowest BCUT2D eigenvalue weighted by Gasteiger charge is -2.12. The van der Waals surface area contributed by atoms with Crippen molar-refractivity contribution in [1.29, 1.82) is 0 Å². The van der Waals surface area contributed by atoms with Crippen molar-refractivity contribution >= 4 is 40.3 Å². The Balaban J connectivity index is 1.39. The van der Waals surface area contributed by atoms with E-state index in [1.807, 2.05) is 24.4 Å². The van der Waals surface area contributed by atoms with Crippen molar-refractivity contribution in [2.45, 2.75) is 56.9 Å². The lowest BCUT2D eigenvalue weighted by Crippen LogP contribution is -2.29. The number of imide groups is 1. The van der Waals surface area contributed by atoms with E-state index < -0.39 is 0 Å². The van der Waals surface area contributed by atoms with Gasteiger partial charge in [0.2, 0.25) is 0 Å². The second kappa shape index (κ2) is 10.7. The first-order valence-corrected chi connectivity index (χ1v) is 11.8. The van der Waals surface area contributed by atoms with Crippen molar-refractivity contribution in [3.8, 4) is 0 Å². The number of allylic oxidation sites excluding steroid dienone is 1. The second-order valence-electron chi connectivity index (χ2n) is 6.82. The molecule has 28 heavy (non-hydrogen) atoms. The number of hydrogen-bond donors (Lipinski definition) is 0. The first-order chi connectivity index (χ1) is 13.7. The topological polar surface area (TPSA) is 54.7 Å². The fraction of sp³-hybridized carbons (Fsp3) is 0.476. The predicted molar refractivity (Wildman–Crippen MR) is 117 cm³/mol. The van der Waals surface area contributed by atoms with Crippen molar-refractivity contribution in [3.63, 3.8) is 0 Å². The zero-order valence-corrected chi connectivity index (χ0v) is 17.9. The molecule has 3 heterocycles. The van der Waals surface area contributed by atoms with Gasteiger partial charge in [-0.05, 0) is 55.3 Å². The summed E-state index contributed by atoms with van der Waals surface area (Å²) in [6, 6.07) is 6.09. The molecular weight excluding hydrogens is 390 g/mol. The molecule has 0 spiro atoms. The lowest BCUT2D eigenvalue weighted by molar-refractivity contribution is -0.122. The highest BCUT2D eigenvalue weighted by Crippen LogP contribution is 2.31. The second-order valence-corrected chi connectivity index (χ2v) is 8.93. The summed E-state index contributed by atoms with van der Waals surface area (Å²) in [6.45, 7) is 2.69. The molecule has 1 aliphatic rings. The summed E-state index contributed by atoms with van der Waals surface area (Å²) in [7, 11) is 0. The number of amides is 2.